The van der Waals surface area contributed by atoms with Crippen LogP contribution in [0.25, 0.3) is 53.8 Å². The van der Waals surface area contributed by atoms with Gasteiger partial charge >= 0.3 is 78.9 Å². The summed E-state index contributed by atoms with van der Waals surface area (Å²) in [6.45, 7) is 15.9. The molecule has 0 spiro atoms. The molecule has 21 nitrogen and oxygen atoms in total. The first-order chi connectivity index (χ1) is 69.6. The molecule has 6 aromatic heterocycles. The number of para-hydroxylation sites is 3. The Balaban J connectivity index is 0.000000274. The SMILES string of the molecule is C.CCOC(=O)Cc1ccccc1OCc1cc(-c2ccc(CN)s2)c2occc2c1.CCOC(=O)Cc1ccccc1OCc1cc(B2OC(C)(C)C(C)(C)O2)c2occc2c1.Cl.NCc1ccc(-c2cc(COc3ccccc3CC(=O)O)cc3ccoc23)s1.NCc1ccc(Br)s1.O=[C-]OO.[Cl][Pd][Cl].[K].[K].[Li+].[OH-].c1ccc(P(c2ccccc2)c2ccccc2)cc1.c1ccc(P(c2ccccc2)c2ccccc2)cc1. The Morgan fingerprint density at radius 1 is 0.430 bits per heavy atom. The number of halogens is 4. The first kappa shape index (κ1) is 130. The van der Waals surface area contributed by atoms with E-state index in [1.807, 2.05) is 149 Å². The van der Waals surface area contributed by atoms with E-state index in [-0.39, 0.29) is 194 Å². The predicted octanol–water partition coefficient (Wildman–Crippen LogP) is 21.4. The molecule has 149 heavy (non-hydrogen) atoms. The van der Waals surface area contributed by atoms with Crippen LogP contribution in [0.2, 0.25) is 0 Å². The van der Waals surface area contributed by atoms with Gasteiger partial charge in [0.05, 0.1) is 66.3 Å². The summed E-state index contributed by atoms with van der Waals surface area (Å²) in [5, 5.41) is 27.4. The Morgan fingerprint density at radius 3 is 0.993 bits per heavy atom. The molecule has 1 saturated heterocycles. The first-order valence-corrected chi connectivity index (χ1v) is 55.4. The summed E-state index contributed by atoms with van der Waals surface area (Å²) in [5.41, 5.74) is 26.5. The van der Waals surface area contributed by atoms with Crippen molar-refractivity contribution in [2.24, 2.45) is 17.2 Å². The Labute approximate surface area is 1010 Å². The Hall–Kier alpha value is -7.83. The number of carboxylic acid groups (broad SMARTS) is 1. The first-order valence-electron chi connectivity index (χ1n) is 45.5. The third-order valence-corrected chi connectivity index (χ3v) is 31.1. The summed E-state index contributed by atoms with van der Waals surface area (Å²) >= 11 is 8.22. The van der Waals surface area contributed by atoms with Gasteiger partial charge in [-0.25, -0.2) is 5.26 Å². The van der Waals surface area contributed by atoms with Crippen LogP contribution >= 0.6 is 97.2 Å². The number of ether oxygens (including phenoxy) is 5. The summed E-state index contributed by atoms with van der Waals surface area (Å²) in [6, 6.07) is 117. The van der Waals surface area contributed by atoms with Crippen LogP contribution < -0.4 is 87.6 Å². The van der Waals surface area contributed by atoms with E-state index in [1.54, 1.807) is 78.8 Å². The predicted molar refractivity (Wildman–Crippen MR) is 610 cm³/mol. The van der Waals surface area contributed by atoms with Crippen molar-refractivity contribution in [1.82, 2.24) is 0 Å². The number of hydrogen-bond acceptors (Lipinski definition) is 23. The quantitative estimate of drug-likeness (QED) is 0.00531. The maximum atomic E-state index is 11.9. The second-order valence-electron chi connectivity index (χ2n) is 32.6. The average Bonchev–Trinajstić information content (AvgIpc) is 1.60. The topological polar surface area (TPSA) is 330 Å². The zero-order chi connectivity index (χ0) is 101. The van der Waals surface area contributed by atoms with Crippen molar-refractivity contribution >= 4 is 302 Å². The number of furan rings is 3. The third-order valence-electron chi connectivity index (χ3n) is 22.3. The van der Waals surface area contributed by atoms with Crippen molar-refractivity contribution in [1.29, 1.82) is 0 Å². The molecular formula is C114H114BBrCl3K2LiN3O18P2PdS3-. The second kappa shape index (κ2) is 68.4. The van der Waals surface area contributed by atoms with Crippen molar-refractivity contribution < 1.29 is 121 Å². The molecule has 1 fully saturated rings. The van der Waals surface area contributed by atoms with E-state index in [0.29, 0.717) is 75.5 Å². The molecule has 9 N–H and O–H groups in total. The number of carbonyl (C=O) groups is 3. The van der Waals surface area contributed by atoms with E-state index < -0.39 is 40.1 Å². The molecule has 0 bridgehead atoms. The van der Waals surface area contributed by atoms with Crippen LogP contribution in [-0.4, -0.2) is 175 Å². The van der Waals surface area contributed by atoms with E-state index in [9.17, 15) is 14.4 Å². The molecule has 12 aromatic carbocycles. The van der Waals surface area contributed by atoms with Crippen LogP contribution in [0, 0.1) is 0 Å². The fourth-order valence-electron chi connectivity index (χ4n) is 15.1. The summed E-state index contributed by atoms with van der Waals surface area (Å²) in [6.07, 6.45) is 5.33. The number of benzene rings is 12. The molecular weight excluding hydrogens is 2250 g/mol. The zero-order valence-electron chi connectivity index (χ0n) is 83.2. The maximum Gasteiger partial charge on any atom is 1.00 e. The smallest absolute Gasteiger partial charge is 0.870 e. The maximum absolute atomic E-state index is 11.9. The largest absolute Gasteiger partial charge is 1.00 e. The van der Waals surface area contributed by atoms with Gasteiger partial charge in [0.1, 0.15) is 53.8 Å². The summed E-state index contributed by atoms with van der Waals surface area (Å²) in [4.78, 5) is 51.9. The van der Waals surface area contributed by atoms with Crippen molar-refractivity contribution in [2.75, 3.05) is 13.2 Å². The minimum atomic E-state index is -0.883. The average molecular weight is 2360 g/mol. The summed E-state index contributed by atoms with van der Waals surface area (Å²) in [7, 11) is 8.20. The Morgan fingerprint density at radius 2 is 0.711 bits per heavy atom. The molecule has 19 rings (SSSR count). The number of hydrogen-bond donors (Lipinski definition) is 5. The fraction of sp³-hybridized carbons (Fsp3) is 0.175. The molecule has 35 heteroatoms. The normalized spacial score (nSPS) is 11.4. The van der Waals surface area contributed by atoms with E-state index >= 15 is 0 Å². The van der Waals surface area contributed by atoms with E-state index in [4.69, 9.17) is 97.7 Å². The van der Waals surface area contributed by atoms with Gasteiger partial charge in [0.25, 0.3) is 0 Å². The van der Waals surface area contributed by atoms with Gasteiger partial charge in [-0.1, -0.05) is 250 Å². The Bertz CT molecular complexity index is 6700. The number of fused-ring (bicyclic) bond motifs is 3. The zero-order valence-corrected chi connectivity index (χ0v) is 99.1. The summed E-state index contributed by atoms with van der Waals surface area (Å²) in [5.74, 6) is 0.508. The van der Waals surface area contributed by atoms with Gasteiger partial charge in [-0.3, -0.25) is 14.4 Å². The number of carbonyl (C=O) groups excluding carboxylic acids is 3. The second-order valence-corrected chi connectivity index (χ2v) is 44.2. The van der Waals surface area contributed by atoms with Crippen molar-refractivity contribution in [2.45, 2.75) is 119 Å². The van der Waals surface area contributed by atoms with Crippen molar-refractivity contribution in [3.63, 3.8) is 0 Å². The number of rotatable bonds is 30. The van der Waals surface area contributed by atoms with Gasteiger partial charge in [0.2, 0.25) is 0 Å². The van der Waals surface area contributed by atoms with Gasteiger partial charge in [0.15, 0.2) is 0 Å². The molecule has 0 aliphatic carbocycles. The number of thiophene rings is 3. The van der Waals surface area contributed by atoms with E-state index in [0.717, 1.165) is 107 Å². The molecule has 7 heterocycles. The van der Waals surface area contributed by atoms with Crippen LogP contribution in [-0.2, 0) is 118 Å². The summed E-state index contributed by atoms with van der Waals surface area (Å²) < 4.78 is 59.1. The monoisotopic (exact) mass is 2360 g/mol. The minimum Gasteiger partial charge on any atom is -0.870 e. The van der Waals surface area contributed by atoms with E-state index in [1.165, 1.54) is 36.7 Å². The van der Waals surface area contributed by atoms with Crippen LogP contribution in [0.4, 0.5) is 0 Å². The number of carboxylic acids is 1. The minimum absolute atomic E-state index is 0. The van der Waals surface area contributed by atoms with Crippen molar-refractivity contribution in [3.8, 4) is 38.1 Å². The van der Waals surface area contributed by atoms with Gasteiger partial charge in [-0.15, -0.1) is 46.4 Å². The van der Waals surface area contributed by atoms with Gasteiger partial charge in [0, 0.05) is 196 Å². The van der Waals surface area contributed by atoms with Crippen LogP contribution in [0.5, 0.6) is 17.2 Å². The fourth-order valence-corrected chi connectivity index (χ4v) is 22.8. The van der Waals surface area contributed by atoms with E-state index in [2.05, 4.69) is 233 Å². The molecule has 766 valence electrons. The van der Waals surface area contributed by atoms with Crippen LogP contribution in [0.3, 0.4) is 0 Å². The van der Waals surface area contributed by atoms with Gasteiger partial charge < -0.3 is 83.7 Å². The standard InChI is InChI=1S/C25H29BO6.C24H23NO4S.C22H19NO4S.2C18H15P.C5H6BrNS.CHO3.CH4.3ClH.2K.Li.H2O.Pd/c1-6-28-22(27)15-18-9-7-8-10-21(18)30-16-17-13-19-11-12-29-23(19)20(14-17)26-31-24(2,3)25(4,5)32-26;1-2-27-23(26)13-17-5-3-4-6-21(17)29-15-16-11-18-9-10-28-24(18)20(12-16)22-8-7-19(14-25)30-22;23-12-17-5-6-20(28-17)18-10-14(9-16-7-8-26-22(16)18)13-27-19-4-2-1-3-15(19)11-21(24)25;2*1-4-10-16(11-5-1)19(17-12-6-2-7-13-17)18-14-8-3-9-15-18;6-5-2-1-4(3-7)8-5;2-1-4-3;;;;;;;;;/h7-14H,6,15-16H2,1-5H3;3-12H,2,13-15,25H2,1H3;1-10H,11-13,23H2,(H,24,25);2*1-15H;1-2H,3,7H2;3H;1H4;3*1H;;;;1H2;/q;;;;;;-1;;;;;;;+1;;+2/p-3. The number of nitrogens with two attached hydrogens (primary N) is 3. The Kier molecular flexibility index (Phi) is 59.6. The molecule has 0 saturated carbocycles. The molecule has 0 amide bonds. The molecule has 1 aliphatic rings. The molecule has 18 aromatic rings. The molecule has 0 atom stereocenters. The molecule has 0 unspecified atom stereocenters. The van der Waals surface area contributed by atoms with Gasteiger partial charge in [-0.05, 0) is 231 Å². The molecule has 1 aliphatic heterocycles. The third kappa shape index (κ3) is 39.2. The number of esters is 2. The van der Waals surface area contributed by atoms with Crippen LogP contribution in [0.1, 0.15) is 97.0 Å². The number of aliphatic carboxylic acids is 1. The van der Waals surface area contributed by atoms with Crippen LogP contribution in [0.15, 0.2) is 382 Å². The molecule has 2 radical (unpaired) electrons. The van der Waals surface area contributed by atoms with Gasteiger partial charge in [-0.2, -0.15) is 0 Å². The van der Waals surface area contributed by atoms with Crippen molar-refractivity contribution in [3.05, 3.63) is 416 Å².